The van der Waals surface area contributed by atoms with Crippen molar-refractivity contribution in [1.29, 1.82) is 5.26 Å². The SMILES string of the molecule is COc1cc(Nc2ncnc(-c3ccc(O[C@H]4CCNC[C@H]4F)c(C#N)c3)n2)ccc1S(C)(=O)=O. The highest BCUT2D eigenvalue weighted by atomic mass is 32.2. The van der Waals surface area contributed by atoms with Crippen LogP contribution in [-0.4, -0.2) is 62.1 Å². The number of benzene rings is 2. The summed E-state index contributed by atoms with van der Waals surface area (Å²) in [6.45, 7) is 0.864. The summed E-state index contributed by atoms with van der Waals surface area (Å²) >= 11 is 0. The fourth-order valence-corrected chi connectivity index (χ4v) is 4.45. The highest BCUT2D eigenvalue weighted by molar-refractivity contribution is 7.90. The molecule has 2 N–H and O–H groups in total. The molecular weight excluding hydrogens is 475 g/mol. The first-order valence-corrected chi connectivity index (χ1v) is 12.6. The van der Waals surface area contributed by atoms with Gasteiger partial charge in [0.2, 0.25) is 5.95 Å². The minimum Gasteiger partial charge on any atom is -0.495 e. The number of piperidine rings is 1. The second-order valence-electron chi connectivity index (χ2n) is 7.88. The van der Waals surface area contributed by atoms with Crippen LogP contribution in [0.2, 0.25) is 0 Å². The van der Waals surface area contributed by atoms with Crippen molar-refractivity contribution in [2.45, 2.75) is 23.6 Å². The zero-order valence-corrected chi connectivity index (χ0v) is 19.8. The third-order valence-corrected chi connectivity index (χ3v) is 6.51. The van der Waals surface area contributed by atoms with Crippen molar-refractivity contribution >= 4 is 21.5 Å². The Hall–Kier alpha value is -3.82. The number of nitrogens with one attached hydrogen (secondary N) is 2. The van der Waals surface area contributed by atoms with Gasteiger partial charge in [0.25, 0.3) is 0 Å². The molecule has 1 saturated heterocycles. The Morgan fingerprint density at radius 3 is 2.74 bits per heavy atom. The van der Waals surface area contributed by atoms with Crippen LogP contribution in [0.1, 0.15) is 12.0 Å². The number of ether oxygens (including phenoxy) is 2. The molecule has 182 valence electrons. The molecule has 4 rings (SSSR count). The van der Waals surface area contributed by atoms with Crippen LogP contribution < -0.4 is 20.1 Å². The lowest BCUT2D eigenvalue weighted by Gasteiger charge is -2.27. The van der Waals surface area contributed by atoms with Crippen molar-refractivity contribution in [3.8, 4) is 29.0 Å². The molecule has 12 heteroatoms. The van der Waals surface area contributed by atoms with E-state index in [9.17, 15) is 18.1 Å². The number of hydrogen-bond acceptors (Lipinski definition) is 10. The molecule has 0 bridgehead atoms. The number of methoxy groups -OCH3 is 1. The highest BCUT2D eigenvalue weighted by Gasteiger charge is 2.27. The van der Waals surface area contributed by atoms with Gasteiger partial charge in [0.05, 0.1) is 12.7 Å². The lowest BCUT2D eigenvalue weighted by atomic mass is 10.1. The van der Waals surface area contributed by atoms with Gasteiger partial charge in [0, 0.05) is 30.1 Å². The maximum atomic E-state index is 14.1. The summed E-state index contributed by atoms with van der Waals surface area (Å²) in [5.74, 6) is 0.995. The molecule has 1 fully saturated rings. The summed E-state index contributed by atoms with van der Waals surface area (Å²) in [5, 5.41) is 15.6. The third-order valence-electron chi connectivity index (χ3n) is 5.38. The van der Waals surface area contributed by atoms with Gasteiger partial charge >= 0.3 is 0 Å². The predicted molar refractivity (Wildman–Crippen MR) is 126 cm³/mol. The maximum Gasteiger partial charge on any atom is 0.230 e. The van der Waals surface area contributed by atoms with E-state index in [2.05, 4.69) is 31.7 Å². The van der Waals surface area contributed by atoms with E-state index in [1.54, 1.807) is 24.3 Å². The summed E-state index contributed by atoms with van der Waals surface area (Å²) < 4.78 is 48.9. The molecule has 1 aromatic heterocycles. The molecule has 0 saturated carbocycles. The Kier molecular flexibility index (Phi) is 7.09. The first-order valence-electron chi connectivity index (χ1n) is 10.7. The van der Waals surface area contributed by atoms with Crippen LogP contribution in [0.25, 0.3) is 11.4 Å². The fourth-order valence-electron chi connectivity index (χ4n) is 3.63. The van der Waals surface area contributed by atoms with Gasteiger partial charge in [0.15, 0.2) is 15.7 Å². The standard InChI is InChI=1S/C23H23FN6O4S/c1-33-20-10-16(4-6-21(20)35(2,31)32)29-23-28-13-27-22(30-23)14-3-5-18(15(9-14)11-25)34-19-7-8-26-12-17(19)24/h3-6,9-10,13,17,19,26H,7-8,12H2,1-2H3,(H,27,28,29,30)/t17-,19+/m1/s1. The number of halogens is 1. The zero-order chi connectivity index (χ0) is 25.0. The van der Waals surface area contributed by atoms with Gasteiger partial charge in [-0.05, 0) is 43.3 Å². The van der Waals surface area contributed by atoms with Crippen molar-refractivity contribution in [2.24, 2.45) is 0 Å². The second-order valence-corrected chi connectivity index (χ2v) is 9.87. The van der Waals surface area contributed by atoms with E-state index in [1.165, 1.54) is 25.6 Å². The van der Waals surface area contributed by atoms with Crippen molar-refractivity contribution < 1.29 is 22.3 Å². The van der Waals surface area contributed by atoms with E-state index in [0.717, 1.165) is 6.26 Å². The van der Waals surface area contributed by atoms with Crippen LogP contribution in [0.4, 0.5) is 16.0 Å². The van der Waals surface area contributed by atoms with Crippen molar-refractivity contribution in [2.75, 3.05) is 31.8 Å². The van der Waals surface area contributed by atoms with Crippen LogP contribution in [0.15, 0.2) is 47.6 Å². The minimum absolute atomic E-state index is 0.0665. The molecule has 0 aliphatic carbocycles. The van der Waals surface area contributed by atoms with E-state index in [1.807, 2.05) is 0 Å². The van der Waals surface area contributed by atoms with Gasteiger partial charge in [-0.2, -0.15) is 10.2 Å². The number of alkyl halides is 1. The van der Waals surface area contributed by atoms with Crippen LogP contribution in [0, 0.1) is 11.3 Å². The van der Waals surface area contributed by atoms with Gasteiger partial charge < -0.3 is 20.1 Å². The van der Waals surface area contributed by atoms with Gasteiger partial charge in [-0.1, -0.05) is 0 Å². The molecule has 0 radical (unpaired) electrons. The van der Waals surface area contributed by atoms with E-state index in [4.69, 9.17) is 9.47 Å². The average Bonchev–Trinajstić information content (AvgIpc) is 2.85. The second kappa shape index (κ2) is 10.2. The molecular formula is C23H23FN6O4S. The van der Waals surface area contributed by atoms with Crippen LogP contribution >= 0.6 is 0 Å². The zero-order valence-electron chi connectivity index (χ0n) is 19.0. The molecule has 2 aromatic carbocycles. The lowest BCUT2D eigenvalue weighted by molar-refractivity contribution is 0.0729. The number of nitriles is 1. The van der Waals surface area contributed by atoms with Crippen molar-refractivity contribution in [3.05, 3.63) is 48.3 Å². The smallest absolute Gasteiger partial charge is 0.230 e. The largest absolute Gasteiger partial charge is 0.495 e. The van der Waals surface area contributed by atoms with E-state index >= 15 is 0 Å². The first-order chi connectivity index (χ1) is 16.8. The number of anilines is 2. The molecule has 0 unspecified atom stereocenters. The van der Waals surface area contributed by atoms with Gasteiger partial charge in [0.1, 0.15) is 41.1 Å². The molecule has 1 aliphatic heterocycles. The van der Waals surface area contributed by atoms with Crippen LogP contribution in [-0.2, 0) is 9.84 Å². The Bertz CT molecular complexity index is 1380. The van der Waals surface area contributed by atoms with Gasteiger partial charge in [-0.25, -0.2) is 22.8 Å². The number of hydrogen-bond donors (Lipinski definition) is 2. The van der Waals surface area contributed by atoms with Crippen molar-refractivity contribution in [3.63, 3.8) is 0 Å². The number of nitrogens with zero attached hydrogens (tertiary/aromatic N) is 4. The monoisotopic (exact) mass is 498 g/mol. The lowest BCUT2D eigenvalue weighted by Crippen LogP contribution is -2.44. The molecule has 2 heterocycles. The molecule has 10 nitrogen and oxygen atoms in total. The molecule has 0 spiro atoms. The Morgan fingerprint density at radius 1 is 1.20 bits per heavy atom. The normalized spacial score (nSPS) is 17.9. The van der Waals surface area contributed by atoms with E-state index in [0.29, 0.717) is 35.8 Å². The number of rotatable bonds is 7. The topological polar surface area (TPSA) is 139 Å². The number of sulfone groups is 1. The number of aromatic nitrogens is 3. The summed E-state index contributed by atoms with van der Waals surface area (Å²) in [7, 11) is -2.07. The Balaban J connectivity index is 1.56. The summed E-state index contributed by atoms with van der Waals surface area (Å²) in [6.07, 6.45) is 1.15. The fraction of sp³-hybridized carbons (Fsp3) is 0.304. The summed E-state index contributed by atoms with van der Waals surface area (Å²) in [5.41, 5.74) is 1.30. The van der Waals surface area contributed by atoms with Gasteiger partial charge in [-0.3, -0.25) is 0 Å². The highest BCUT2D eigenvalue weighted by Crippen LogP contribution is 2.30. The average molecular weight is 499 g/mol. The molecule has 35 heavy (non-hydrogen) atoms. The molecule has 1 aliphatic rings. The first kappa shape index (κ1) is 24.3. The quantitative estimate of drug-likeness (QED) is 0.500. The third kappa shape index (κ3) is 5.64. The summed E-state index contributed by atoms with van der Waals surface area (Å²) in [6, 6.07) is 11.5. The van der Waals surface area contributed by atoms with Crippen molar-refractivity contribution in [1.82, 2.24) is 20.3 Å². The molecule has 2 atom stereocenters. The maximum absolute atomic E-state index is 14.1. The van der Waals surface area contributed by atoms with E-state index < -0.39 is 22.1 Å². The predicted octanol–water partition coefficient (Wildman–Crippen LogP) is 2.64. The Labute approximate surface area is 202 Å². The van der Waals surface area contributed by atoms with E-state index in [-0.39, 0.29) is 28.7 Å². The molecule has 0 amide bonds. The van der Waals surface area contributed by atoms with Crippen LogP contribution in [0.3, 0.4) is 0 Å². The molecule has 3 aromatic rings. The summed E-state index contributed by atoms with van der Waals surface area (Å²) in [4.78, 5) is 12.7. The minimum atomic E-state index is -3.46. The van der Waals surface area contributed by atoms with Crippen LogP contribution in [0.5, 0.6) is 11.5 Å². The Morgan fingerprint density at radius 2 is 2.03 bits per heavy atom. The van der Waals surface area contributed by atoms with Gasteiger partial charge in [-0.15, -0.1) is 0 Å².